The number of hydrogen-bond donors (Lipinski definition) is 0. The van der Waals surface area contributed by atoms with Crippen LogP contribution < -0.4 is 0 Å². The lowest BCUT2D eigenvalue weighted by Crippen LogP contribution is -2.50. The third-order valence-corrected chi connectivity index (χ3v) is 6.05. The molecular formula is C20H26N2O2. The van der Waals surface area contributed by atoms with Gasteiger partial charge in [-0.3, -0.25) is 9.59 Å². The second kappa shape index (κ2) is 6.58. The van der Waals surface area contributed by atoms with Crippen molar-refractivity contribution < 1.29 is 9.59 Å². The zero-order chi connectivity index (χ0) is 16.5. The zero-order valence-corrected chi connectivity index (χ0v) is 14.2. The van der Waals surface area contributed by atoms with Crippen LogP contribution in [0.4, 0.5) is 0 Å². The molecule has 4 nitrogen and oxygen atoms in total. The highest BCUT2D eigenvalue weighted by Crippen LogP contribution is 2.41. The van der Waals surface area contributed by atoms with E-state index in [-0.39, 0.29) is 23.9 Å². The van der Waals surface area contributed by atoms with Crippen LogP contribution in [0.1, 0.15) is 55.3 Å². The summed E-state index contributed by atoms with van der Waals surface area (Å²) in [4.78, 5) is 30.2. The van der Waals surface area contributed by atoms with Crippen molar-refractivity contribution in [3.63, 3.8) is 0 Å². The molecule has 3 aliphatic rings. The second-order valence-corrected chi connectivity index (χ2v) is 7.47. The first-order chi connectivity index (χ1) is 11.8. The largest absolute Gasteiger partial charge is 0.341 e. The Morgan fingerprint density at radius 1 is 0.917 bits per heavy atom. The van der Waals surface area contributed by atoms with E-state index < -0.39 is 0 Å². The molecule has 1 aromatic rings. The first kappa shape index (κ1) is 15.7. The maximum atomic E-state index is 13.2. The van der Waals surface area contributed by atoms with E-state index in [0.717, 1.165) is 45.2 Å². The number of likely N-dealkylation sites (tertiary alicyclic amines) is 2. The summed E-state index contributed by atoms with van der Waals surface area (Å²) in [5, 5.41) is 0. The third kappa shape index (κ3) is 2.72. The molecule has 0 bridgehead atoms. The molecule has 0 unspecified atom stereocenters. The quantitative estimate of drug-likeness (QED) is 0.838. The van der Waals surface area contributed by atoms with Gasteiger partial charge in [0.25, 0.3) is 5.91 Å². The van der Waals surface area contributed by atoms with Crippen LogP contribution in [0.2, 0.25) is 0 Å². The highest BCUT2D eigenvalue weighted by molar-refractivity contribution is 5.98. The SMILES string of the molecule is O=C([C@@H]1C[C@H]2CCCC[C@H]2N1C(=O)c1ccccc1)N1CCCC1. The molecule has 2 saturated heterocycles. The molecule has 128 valence electrons. The van der Waals surface area contributed by atoms with Crippen molar-refractivity contribution in [2.45, 2.75) is 57.0 Å². The molecule has 2 amide bonds. The highest BCUT2D eigenvalue weighted by atomic mass is 16.2. The van der Waals surface area contributed by atoms with Crippen molar-refractivity contribution in [1.82, 2.24) is 9.80 Å². The van der Waals surface area contributed by atoms with Gasteiger partial charge in [0.2, 0.25) is 5.91 Å². The van der Waals surface area contributed by atoms with Crippen molar-refractivity contribution in [2.24, 2.45) is 5.92 Å². The number of fused-ring (bicyclic) bond motifs is 1. The van der Waals surface area contributed by atoms with Gasteiger partial charge >= 0.3 is 0 Å². The van der Waals surface area contributed by atoms with Crippen molar-refractivity contribution in [3.05, 3.63) is 35.9 Å². The minimum atomic E-state index is -0.246. The Bertz CT molecular complexity index is 609. The molecule has 1 aliphatic carbocycles. The molecule has 3 atom stereocenters. The van der Waals surface area contributed by atoms with Gasteiger partial charge in [0.15, 0.2) is 0 Å². The van der Waals surface area contributed by atoms with Gasteiger partial charge in [-0.25, -0.2) is 0 Å². The molecule has 0 N–H and O–H groups in total. The van der Waals surface area contributed by atoms with Crippen LogP contribution in [0, 0.1) is 5.92 Å². The predicted octanol–water partition coefficient (Wildman–Crippen LogP) is 3.08. The Morgan fingerprint density at radius 3 is 2.38 bits per heavy atom. The minimum absolute atomic E-state index is 0.0440. The van der Waals surface area contributed by atoms with E-state index in [1.807, 2.05) is 40.1 Å². The third-order valence-electron chi connectivity index (χ3n) is 6.05. The van der Waals surface area contributed by atoms with E-state index >= 15 is 0 Å². The molecule has 0 aromatic heterocycles. The maximum Gasteiger partial charge on any atom is 0.254 e. The molecule has 0 spiro atoms. The molecule has 1 saturated carbocycles. The van der Waals surface area contributed by atoms with Crippen LogP contribution in [0.15, 0.2) is 30.3 Å². The monoisotopic (exact) mass is 326 g/mol. The van der Waals surface area contributed by atoms with Crippen molar-refractivity contribution in [2.75, 3.05) is 13.1 Å². The Morgan fingerprint density at radius 2 is 1.62 bits per heavy atom. The van der Waals surface area contributed by atoms with Crippen LogP contribution in [0.25, 0.3) is 0 Å². The minimum Gasteiger partial charge on any atom is -0.341 e. The predicted molar refractivity (Wildman–Crippen MR) is 92.6 cm³/mol. The summed E-state index contributed by atoms with van der Waals surface area (Å²) >= 11 is 0. The summed E-state index contributed by atoms with van der Waals surface area (Å²) in [5.41, 5.74) is 0.711. The first-order valence-electron chi connectivity index (χ1n) is 9.42. The number of benzene rings is 1. The van der Waals surface area contributed by atoms with E-state index in [1.165, 1.54) is 12.8 Å². The topological polar surface area (TPSA) is 40.6 Å². The average molecular weight is 326 g/mol. The number of carbonyl (C=O) groups is 2. The van der Waals surface area contributed by atoms with Crippen molar-refractivity contribution >= 4 is 11.8 Å². The fraction of sp³-hybridized carbons (Fsp3) is 0.600. The van der Waals surface area contributed by atoms with Crippen LogP contribution in [-0.2, 0) is 4.79 Å². The van der Waals surface area contributed by atoms with Gasteiger partial charge in [-0.1, -0.05) is 31.0 Å². The van der Waals surface area contributed by atoms with Crippen molar-refractivity contribution in [3.8, 4) is 0 Å². The molecule has 4 rings (SSSR count). The van der Waals surface area contributed by atoms with E-state index in [4.69, 9.17) is 0 Å². The van der Waals surface area contributed by atoms with Gasteiger partial charge in [-0.15, -0.1) is 0 Å². The number of nitrogens with zero attached hydrogens (tertiary/aromatic N) is 2. The van der Waals surface area contributed by atoms with Crippen LogP contribution in [-0.4, -0.2) is 46.8 Å². The summed E-state index contributed by atoms with van der Waals surface area (Å²) in [7, 11) is 0. The Balaban J connectivity index is 1.63. The summed E-state index contributed by atoms with van der Waals surface area (Å²) in [6.07, 6.45) is 7.66. The number of carbonyl (C=O) groups excluding carboxylic acids is 2. The van der Waals surface area contributed by atoms with E-state index in [9.17, 15) is 9.59 Å². The molecule has 4 heteroatoms. The maximum absolute atomic E-state index is 13.2. The summed E-state index contributed by atoms with van der Waals surface area (Å²) in [6.45, 7) is 1.72. The van der Waals surface area contributed by atoms with Gasteiger partial charge in [0.05, 0.1) is 0 Å². The lowest BCUT2D eigenvalue weighted by molar-refractivity contribution is -0.134. The summed E-state index contributed by atoms with van der Waals surface area (Å²) < 4.78 is 0. The molecule has 2 aliphatic heterocycles. The standard InChI is InChI=1S/C20H26N2O2/c23-19(15-8-2-1-3-9-15)22-17-11-5-4-10-16(17)14-18(22)20(24)21-12-6-7-13-21/h1-3,8-9,16-18H,4-7,10-14H2/t16-,17-,18+/m1/s1. The Hall–Kier alpha value is -1.84. The van der Waals surface area contributed by atoms with Gasteiger partial charge in [0, 0.05) is 24.7 Å². The smallest absolute Gasteiger partial charge is 0.254 e. The lowest BCUT2D eigenvalue weighted by Gasteiger charge is -2.34. The second-order valence-electron chi connectivity index (χ2n) is 7.47. The van der Waals surface area contributed by atoms with Gasteiger partial charge < -0.3 is 9.80 Å². The zero-order valence-electron chi connectivity index (χ0n) is 14.2. The Kier molecular flexibility index (Phi) is 4.30. The fourth-order valence-electron chi connectivity index (χ4n) is 4.85. The van der Waals surface area contributed by atoms with E-state index in [0.29, 0.717) is 11.5 Å². The fourth-order valence-corrected chi connectivity index (χ4v) is 4.85. The summed E-state index contributed by atoms with van der Waals surface area (Å²) in [6, 6.07) is 9.48. The Labute approximate surface area is 143 Å². The average Bonchev–Trinajstić information content (AvgIpc) is 3.29. The highest BCUT2D eigenvalue weighted by Gasteiger charge is 2.48. The number of rotatable bonds is 2. The van der Waals surface area contributed by atoms with Gasteiger partial charge in [-0.2, -0.15) is 0 Å². The van der Waals surface area contributed by atoms with Crippen LogP contribution >= 0.6 is 0 Å². The molecular weight excluding hydrogens is 300 g/mol. The molecule has 24 heavy (non-hydrogen) atoms. The lowest BCUT2D eigenvalue weighted by atomic mass is 9.84. The van der Waals surface area contributed by atoms with E-state index in [2.05, 4.69) is 0 Å². The van der Waals surface area contributed by atoms with Gasteiger partial charge in [0.1, 0.15) is 6.04 Å². The first-order valence-corrected chi connectivity index (χ1v) is 9.42. The number of hydrogen-bond acceptors (Lipinski definition) is 2. The molecule has 1 aromatic carbocycles. The molecule has 0 radical (unpaired) electrons. The van der Waals surface area contributed by atoms with E-state index in [1.54, 1.807) is 0 Å². The summed E-state index contributed by atoms with van der Waals surface area (Å²) in [5.74, 6) is 0.733. The van der Waals surface area contributed by atoms with Crippen LogP contribution in [0.3, 0.4) is 0 Å². The van der Waals surface area contributed by atoms with Crippen molar-refractivity contribution in [1.29, 1.82) is 0 Å². The normalized spacial score (nSPS) is 29.6. The van der Waals surface area contributed by atoms with Gasteiger partial charge in [-0.05, 0) is 50.2 Å². The molecule has 2 heterocycles. The van der Waals surface area contributed by atoms with Crippen LogP contribution in [0.5, 0.6) is 0 Å². The molecule has 3 fully saturated rings. The number of amides is 2.